The van der Waals surface area contributed by atoms with Crippen LogP contribution in [0.25, 0.3) is 22.3 Å². The van der Waals surface area contributed by atoms with Gasteiger partial charge in [0, 0.05) is 38.6 Å². The van der Waals surface area contributed by atoms with E-state index in [9.17, 15) is 4.79 Å². The Morgan fingerprint density at radius 3 is 1.81 bits per heavy atom. The molecule has 0 unspecified atom stereocenters. The van der Waals surface area contributed by atoms with Crippen molar-refractivity contribution in [2.45, 2.75) is 11.8 Å². The second-order valence-corrected chi connectivity index (χ2v) is 8.61. The average molecular weight is 463 g/mol. The third-order valence-electron chi connectivity index (χ3n) is 4.82. The summed E-state index contributed by atoms with van der Waals surface area (Å²) >= 11 is 13.7. The molecule has 0 heterocycles. The highest BCUT2D eigenvalue weighted by atomic mass is 35.5. The fourth-order valence-electron chi connectivity index (χ4n) is 3.26. The molecule has 0 saturated carbocycles. The second kappa shape index (κ2) is 9.61. The van der Waals surface area contributed by atoms with Crippen LogP contribution in [-0.4, -0.2) is 5.78 Å². The van der Waals surface area contributed by atoms with Crippen LogP contribution in [0.3, 0.4) is 0 Å². The van der Waals surface area contributed by atoms with Crippen LogP contribution in [0, 0.1) is 0 Å². The van der Waals surface area contributed by atoms with E-state index in [-0.39, 0.29) is 5.78 Å². The van der Waals surface area contributed by atoms with Crippen molar-refractivity contribution in [2.75, 3.05) is 0 Å². The van der Waals surface area contributed by atoms with E-state index >= 15 is 0 Å². The van der Waals surface area contributed by atoms with Crippen molar-refractivity contribution in [3.05, 3.63) is 107 Å². The molecule has 0 atom stereocenters. The molecular weight excluding hydrogens is 445 g/mol. The molecule has 4 rings (SSSR count). The van der Waals surface area contributed by atoms with Crippen LogP contribution in [-0.2, 0) is 0 Å². The minimum Gasteiger partial charge on any atom is -0.295 e. The van der Waals surface area contributed by atoms with Gasteiger partial charge < -0.3 is 0 Å². The highest BCUT2D eigenvalue weighted by Gasteiger charge is 2.18. The maximum absolute atomic E-state index is 12.3. The normalized spacial score (nSPS) is 10.7. The zero-order chi connectivity index (χ0) is 21.8. The van der Waals surface area contributed by atoms with Gasteiger partial charge in [-0.2, -0.15) is 0 Å². The summed E-state index contributed by atoms with van der Waals surface area (Å²) in [4.78, 5) is 13.1. The van der Waals surface area contributed by atoms with Crippen LogP contribution < -0.4 is 4.72 Å². The summed E-state index contributed by atoms with van der Waals surface area (Å²) in [5.41, 5.74) is 5.20. The van der Waals surface area contributed by atoms with E-state index in [0.29, 0.717) is 15.6 Å². The molecule has 0 aliphatic carbocycles. The second-order valence-electron chi connectivity index (χ2n) is 6.97. The van der Waals surface area contributed by atoms with Gasteiger partial charge in [0.05, 0.1) is 10.7 Å². The Labute approximate surface area is 196 Å². The van der Waals surface area contributed by atoms with Gasteiger partial charge >= 0.3 is 0 Å². The highest BCUT2D eigenvalue weighted by Crippen LogP contribution is 2.42. The number of halogens is 2. The monoisotopic (exact) mass is 462 g/mol. The molecule has 31 heavy (non-hydrogen) atoms. The maximum Gasteiger partial charge on any atom is 0.159 e. The third-order valence-corrected chi connectivity index (χ3v) is 6.30. The first kappa shape index (κ1) is 21.5. The third kappa shape index (κ3) is 4.96. The molecule has 0 aliphatic heterocycles. The molecule has 0 bridgehead atoms. The molecule has 1 radical (unpaired) electrons. The minimum absolute atomic E-state index is 0.00862. The zero-order valence-corrected chi connectivity index (χ0v) is 19.0. The quantitative estimate of drug-likeness (QED) is 0.212. The molecule has 153 valence electrons. The molecule has 0 saturated heterocycles. The first-order valence-electron chi connectivity index (χ1n) is 9.66. The number of carbonyl (C=O) groups is 1. The summed E-state index contributed by atoms with van der Waals surface area (Å²) in [6.07, 6.45) is 0. The molecule has 0 aliphatic rings. The fraction of sp³-hybridized carbons (Fsp3) is 0.0385. The molecule has 5 heteroatoms. The first-order valence-corrected chi connectivity index (χ1v) is 11.2. The number of rotatable bonds is 6. The predicted molar refractivity (Wildman–Crippen MR) is 131 cm³/mol. The van der Waals surface area contributed by atoms with Crippen molar-refractivity contribution < 1.29 is 4.79 Å². The number of benzene rings is 4. The Balaban J connectivity index is 1.88. The lowest BCUT2D eigenvalue weighted by atomic mass is 9.92. The van der Waals surface area contributed by atoms with Crippen LogP contribution >= 0.6 is 35.1 Å². The van der Waals surface area contributed by atoms with Crippen molar-refractivity contribution in [1.29, 1.82) is 0 Å². The lowest BCUT2D eigenvalue weighted by molar-refractivity contribution is 0.101. The fourth-order valence-corrected chi connectivity index (χ4v) is 4.43. The maximum atomic E-state index is 12.3. The van der Waals surface area contributed by atoms with Gasteiger partial charge in [0.1, 0.15) is 0 Å². The van der Waals surface area contributed by atoms with Crippen molar-refractivity contribution >= 4 is 46.6 Å². The Bertz CT molecular complexity index is 1170. The van der Waals surface area contributed by atoms with Crippen molar-refractivity contribution in [1.82, 2.24) is 4.72 Å². The Morgan fingerprint density at radius 2 is 1.32 bits per heavy atom. The number of ketones is 1. The summed E-state index contributed by atoms with van der Waals surface area (Å²) in [6.45, 7) is 1.58. The molecule has 4 aromatic rings. The van der Waals surface area contributed by atoms with E-state index in [1.807, 2.05) is 78.9 Å². The standard InChI is InChI=1S/C26H18Cl2NOS/c1-17(30)20-14-22(18-8-4-2-5-9-18)26(23(15-20)19-10-6-3-7-11-19)29-31-25-13-12-21(27)16-24(25)28/h2-16H,1H3. The average Bonchev–Trinajstić information content (AvgIpc) is 2.79. The number of carbonyl (C=O) groups excluding carboxylic acids is 1. The summed E-state index contributed by atoms with van der Waals surface area (Å²) in [6, 6.07) is 29.1. The van der Waals surface area contributed by atoms with Crippen LogP contribution in [0.15, 0.2) is 95.9 Å². The van der Waals surface area contributed by atoms with Crippen LogP contribution in [0.2, 0.25) is 10.0 Å². The highest BCUT2D eigenvalue weighted by molar-refractivity contribution is 7.97. The van der Waals surface area contributed by atoms with Gasteiger partial charge in [0.25, 0.3) is 0 Å². The number of hydrogen-bond acceptors (Lipinski definition) is 2. The summed E-state index contributed by atoms with van der Waals surface area (Å²) in [7, 11) is 0. The van der Waals surface area contributed by atoms with Gasteiger partial charge in [-0.1, -0.05) is 83.9 Å². The van der Waals surface area contributed by atoms with Gasteiger partial charge in [-0.05, 0) is 48.4 Å². The molecule has 0 spiro atoms. The topological polar surface area (TPSA) is 31.2 Å². The lowest BCUT2D eigenvalue weighted by Crippen LogP contribution is -1.99. The smallest absolute Gasteiger partial charge is 0.159 e. The SMILES string of the molecule is CC(=O)c1cc(-c2ccccc2)c([N]Sc2ccc(Cl)cc2Cl)c(-c2ccccc2)c1. The number of Topliss-reactive ketones (excluding diaryl/α,β-unsaturated/α-hetero) is 1. The number of nitrogens with zero attached hydrogens (tertiary/aromatic N) is 1. The van der Waals surface area contributed by atoms with E-state index in [1.54, 1.807) is 19.1 Å². The summed E-state index contributed by atoms with van der Waals surface area (Å²) < 4.78 is 4.90. The van der Waals surface area contributed by atoms with Crippen molar-refractivity contribution in [3.63, 3.8) is 0 Å². The molecule has 2 nitrogen and oxygen atoms in total. The van der Waals surface area contributed by atoms with Crippen LogP contribution in [0.1, 0.15) is 17.3 Å². The minimum atomic E-state index is 0.00862. The van der Waals surface area contributed by atoms with Crippen molar-refractivity contribution in [2.24, 2.45) is 0 Å². The molecule has 0 fully saturated rings. The molecule has 0 aromatic heterocycles. The van der Waals surface area contributed by atoms with Gasteiger partial charge in [-0.15, -0.1) is 0 Å². The number of hydrogen-bond donors (Lipinski definition) is 0. The van der Waals surface area contributed by atoms with Gasteiger partial charge in [0.15, 0.2) is 5.78 Å². The van der Waals surface area contributed by atoms with Crippen LogP contribution in [0.5, 0.6) is 0 Å². The molecule has 0 N–H and O–H groups in total. The largest absolute Gasteiger partial charge is 0.295 e. The predicted octanol–water partition coefficient (Wildman–Crippen LogP) is 8.47. The first-order chi connectivity index (χ1) is 15.0. The lowest BCUT2D eigenvalue weighted by Gasteiger charge is -2.17. The summed E-state index contributed by atoms with van der Waals surface area (Å²) in [5, 5.41) is 1.12. The molecular formula is C26H18Cl2NOS. The van der Waals surface area contributed by atoms with E-state index in [4.69, 9.17) is 27.9 Å². The van der Waals surface area contributed by atoms with Gasteiger partial charge in [-0.25, -0.2) is 4.72 Å². The Kier molecular flexibility index (Phi) is 6.67. The van der Waals surface area contributed by atoms with Gasteiger partial charge in [-0.3, -0.25) is 4.79 Å². The molecule has 4 aromatic carbocycles. The zero-order valence-electron chi connectivity index (χ0n) is 16.7. The van der Waals surface area contributed by atoms with E-state index in [1.165, 1.54) is 11.9 Å². The summed E-state index contributed by atoms with van der Waals surface area (Å²) in [5.74, 6) is 0.00862. The van der Waals surface area contributed by atoms with E-state index < -0.39 is 0 Å². The van der Waals surface area contributed by atoms with Gasteiger partial charge in [0.2, 0.25) is 0 Å². The van der Waals surface area contributed by atoms with Crippen molar-refractivity contribution in [3.8, 4) is 22.3 Å². The van der Waals surface area contributed by atoms with Crippen LogP contribution in [0.4, 0.5) is 5.69 Å². The van der Waals surface area contributed by atoms with E-state index in [2.05, 4.69) is 0 Å². The molecule has 0 amide bonds. The Hall–Kier alpha value is -2.72. The van der Waals surface area contributed by atoms with E-state index in [0.717, 1.165) is 32.8 Å². The Morgan fingerprint density at radius 1 is 0.774 bits per heavy atom.